The summed E-state index contributed by atoms with van der Waals surface area (Å²) in [5, 5.41) is 3.02. The molecule has 0 aliphatic heterocycles. The van der Waals surface area contributed by atoms with Crippen molar-refractivity contribution in [2.75, 3.05) is 0 Å². The minimum absolute atomic E-state index is 0.362. The van der Waals surface area contributed by atoms with Crippen molar-refractivity contribution in [3.05, 3.63) is 89.1 Å². The standard InChI is InChI=1S/C25H22N2O2S/c1-3-4-21-15-20(13-14-26-21)24-27-23(16-30-24)18-9-11-22(12-10-18)29-25(28)19-7-5-17(2)6-8-19/h5-16H,3-4H2,1-2H3. The van der Waals surface area contributed by atoms with Crippen LogP contribution in [-0.2, 0) is 6.42 Å². The van der Waals surface area contributed by atoms with Crippen molar-refractivity contribution < 1.29 is 9.53 Å². The fourth-order valence-electron chi connectivity index (χ4n) is 3.09. The second-order valence-corrected chi connectivity index (χ2v) is 7.96. The zero-order valence-electron chi connectivity index (χ0n) is 17.0. The number of aromatic nitrogens is 2. The van der Waals surface area contributed by atoms with Crippen molar-refractivity contribution in [3.63, 3.8) is 0 Å². The number of pyridine rings is 1. The monoisotopic (exact) mass is 414 g/mol. The molecule has 30 heavy (non-hydrogen) atoms. The van der Waals surface area contributed by atoms with Crippen LogP contribution in [0.4, 0.5) is 0 Å². The molecule has 2 aromatic heterocycles. The first-order valence-corrected chi connectivity index (χ1v) is 10.8. The molecule has 0 N–H and O–H groups in total. The molecule has 4 aromatic rings. The van der Waals surface area contributed by atoms with E-state index in [0.29, 0.717) is 11.3 Å². The summed E-state index contributed by atoms with van der Waals surface area (Å²) in [5.41, 5.74) is 5.70. The summed E-state index contributed by atoms with van der Waals surface area (Å²) in [6.45, 7) is 4.13. The van der Waals surface area contributed by atoms with Crippen LogP contribution in [0.1, 0.15) is 35.0 Å². The number of nitrogens with zero attached hydrogens (tertiary/aromatic N) is 2. The fourth-order valence-corrected chi connectivity index (χ4v) is 3.92. The number of esters is 1. The van der Waals surface area contributed by atoms with E-state index in [1.807, 2.05) is 48.8 Å². The van der Waals surface area contributed by atoms with Crippen LogP contribution in [0.25, 0.3) is 21.8 Å². The molecule has 0 aliphatic rings. The molecule has 0 radical (unpaired) electrons. The van der Waals surface area contributed by atoms with Gasteiger partial charge in [0.1, 0.15) is 10.8 Å². The predicted octanol–water partition coefficient (Wildman–Crippen LogP) is 6.35. The number of rotatable bonds is 6. The Kier molecular flexibility index (Phi) is 6.00. The second-order valence-electron chi connectivity index (χ2n) is 7.10. The Hall–Kier alpha value is -3.31. The maximum absolute atomic E-state index is 12.3. The van der Waals surface area contributed by atoms with Gasteiger partial charge in [-0.15, -0.1) is 11.3 Å². The Labute approximate surface area is 180 Å². The number of hydrogen-bond donors (Lipinski definition) is 0. The minimum atomic E-state index is -0.362. The molecular weight excluding hydrogens is 392 g/mol. The number of ether oxygens (including phenoxy) is 1. The average Bonchev–Trinajstić information content (AvgIpc) is 3.25. The third kappa shape index (κ3) is 4.63. The molecule has 0 fully saturated rings. The van der Waals surface area contributed by atoms with Crippen molar-refractivity contribution >= 4 is 17.3 Å². The first-order valence-electron chi connectivity index (χ1n) is 9.92. The van der Waals surface area contributed by atoms with Gasteiger partial charge in [0.2, 0.25) is 0 Å². The zero-order valence-corrected chi connectivity index (χ0v) is 17.8. The van der Waals surface area contributed by atoms with Gasteiger partial charge >= 0.3 is 5.97 Å². The third-order valence-corrected chi connectivity index (χ3v) is 5.61. The van der Waals surface area contributed by atoms with Crippen molar-refractivity contribution in [2.45, 2.75) is 26.7 Å². The maximum Gasteiger partial charge on any atom is 0.343 e. The third-order valence-electron chi connectivity index (χ3n) is 4.72. The van der Waals surface area contributed by atoms with Crippen LogP contribution in [0.15, 0.2) is 72.2 Å². The maximum atomic E-state index is 12.3. The molecule has 5 heteroatoms. The van der Waals surface area contributed by atoms with Gasteiger partial charge in [-0.25, -0.2) is 9.78 Å². The summed E-state index contributed by atoms with van der Waals surface area (Å²) in [7, 11) is 0. The van der Waals surface area contributed by atoms with E-state index in [1.54, 1.807) is 35.6 Å². The first kappa shape index (κ1) is 20.0. The van der Waals surface area contributed by atoms with Gasteiger partial charge in [0.05, 0.1) is 11.3 Å². The molecule has 0 spiro atoms. The molecule has 0 unspecified atom stereocenters. The number of hydrogen-bond acceptors (Lipinski definition) is 5. The molecule has 0 aliphatic carbocycles. The van der Waals surface area contributed by atoms with Gasteiger partial charge in [-0.2, -0.15) is 0 Å². The molecule has 0 saturated carbocycles. The average molecular weight is 415 g/mol. The lowest BCUT2D eigenvalue weighted by Crippen LogP contribution is -2.08. The molecule has 2 aromatic carbocycles. The summed E-state index contributed by atoms with van der Waals surface area (Å²) in [6, 6.07) is 18.9. The highest BCUT2D eigenvalue weighted by Crippen LogP contribution is 2.30. The van der Waals surface area contributed by atoms with Crippen LogP contribution >= 0.6 is 11.3 Å². The molecule has 0 saturated heterocycles. The van der Waals surface area contributed by atoms with Gasteiger partial charge in [-0.1, -0.05) is 31.0 Å². The van der Waals surface area contributed by atoms with Crippen molar-refractivity contribution in [1.82, 2.24) is 9.97 Å². The van der Waals surface area contributed by atoms with E-state index in [1.165, 1.54) is 0 Å². The molecule has 4 rings (SSSR count). The lowest BCUT2D eigenvalue weighted by molar-refractivity contribution is 0.0735. The number of carbonyl (C=O) groups excluding carboxylic acids is 1. The first-order chi connectivity index (χ1) is 14.6. The lowest BCUT2D eigenvalue weighted by atomic mass is 10.1. The normalized spacial score (nSPS) is 10.7. The molecule has 0 bridgehead atoms. The van der Waals surface area contributed by atoms with Gasteiger partial charge in [0.15, 0.2) is 0 Å². The quantitative estimate of drug-likeness (QED) is 0.272. The van der Waals surface area contributed by atoms with E-state index in [2.05, 4.69) is 18.0 Å². The molecule has 0 atom stereocenters. The SMILES string of the molecule is CCCc1cc(-c2nc(-c3ccc(OC(=O)c4ccc(C)cc4)cc3)cs2)ccn1. The van der Waals surface area contributed by atoms with Crippen molar-refractivity contribution in [2.24, 2.45) is 0 Å². The molecule has 4 nitrogen and oxygen atoms in total. The van der Waals surface area contributed by atoms with Crippen LogP contribution in [0.5, 0.6) is 5.75 Å². The Morgan fingerprint density at radius 1 is 1.00 bits per heavy atom. The van der Waals surface area contributed by atoms with Gasteiger partial charge in [-0.3, -0.25) is 4.98 Å². The highest BCUT2D eigenvalue weighted by Gasteiger charge is 2.10. The van der Waals surface area contributed by atoms with Crippen LogP contribution in [-0.4, -0.2) is 15.9 Å². The number of benzene rings is 2. The number of carbonyl (C=O) groups is 1. The van der Waals surface area contributed by atoms with E-state index in [0.717, 1.165) is 45.9 Å². The fraction of sp³-hybridized carbons (Fsp3) is 0.160. The summed E-state index contributed by atoms with van der Waals surface area (Å²) in [6.07, 6.45) is 3.88. The smallest absolute Gasteiger partial charge is 0.343 e. The highest BCUT2D eigenvalue weighted by atomic mass is 32.1. The Morgan fingerprint density at radius 3 is 2.50 bits per heavy atom. The van der Waals surface area contributed by atoms with Gasteiger partial charge in [0, 0.05) is 28.4 Å². The molecular formula is C25H22N2O2S. The van der Waals surface area contributed by atoms with Crippen LogP contribution in [0.3, 0.4) is 0 Å². The molecule has 150 valence electrons. The van der Waals surface area contributed by atoms with Gasteiger partial charge in [0.25, 0.3) is 0 Å². The topological polar surface area (TPSA) is 52.1 Å². The van der Waals surface area contributed by atoms with Crippen molar-refractivity contribution in [3.8, 4) is 27.6 Å². The van der Waals surface area contributed by atoms with Crippen LogP contribution in [0, 0.1) is 6.92 Å². The van der Waals surface area contributed by atoms with E-state index in [9.17, 15) is 4.79 Å². The Bertz CT molecular complexity index is 1150. The molecule has 2 heterocycles. The minimum Gasteiger partial charge on any atom is -0.423 e. The summed E-state index contributed by atoms with van der Waals surface area (Å²) >= 11 is 1.61. The number of aryl methyl sites for hydroxylation is 2. The van der Waals surface area contributed by atoms with Crippen LogP contribution < -0.4 is 4.74 Å². The van der Waals surface area contributed by atoms with Crippen LogP contribution in [0.2, 0.25) is 0 Å². The Balaban J connectivity index is 1.47. The van der Waals surface area contributed by atoms with Crippen molar-refractivity contribution in [1.29, 1.82) is 0 Å². The summed E-state index contributed by atoms with van der Waals surface area (Å²) in [4.78, 5) is 21.5. The second kappa shape index (κ2) is 9.01. The van der Waals surface area contributed by atoms with E-state index in [-0.39, 0.29) is 5.97 Å². The Morgan fingerprint density at radius 2 is 1.77 bits per heavy atom. The van der Waals surface area contributed by atoms with E-state index in [4.69, 9.17) is 9.72 Å². The summed E-state index contributed by atoms with van der Waals surface area (Å²) in [5.74, 6) is 0.150. The van der Waals surface area contributed by atoms with E-state index < -0.39 is 0 Å². The predicted molar refractivity (Wildman–Crippen MR) is 121 cm³/mol. The van der Waals surface area contributed by atoms with E-state index >= 15 is 0 Å². The number of thiazole rings is 1. The highest BCUT2D eigenvalue weighted by molar-refractivity contribution is 7.13. The zero-order chi connectivity index (χ0) is 20.9. The largest absolute Gasteiger partial charge is 0.423 e. The lowest BCUT2D eigenvalue weighted by Gasteiger charge is -2.05. The van der Waals surface area contributed by atoms with Gasteiger partial charge < -0.3 is 4.74 Å². The van der Waals surface area contributed by atoms with Gasteiger partial charge in [-0.05, 0) is 61.9 Å². The molecule has 0 amide bonds. The summed E-state index contributed by atoms with van der Waals surface area (Å²) < 4.78 is 5.48.